The molecule has 3 aromatic rings. The van der Waals surface area contributed by atoms with E-state index in [1.807, 2.05) is 29.6 Å². The fourth-order valence-corrected chi connectivity index (χ4v) is 4.88. The van der Waals surface area contributed by atoms with Crippen molar-refractivity contribution in [3.63, 3.8) is 0 Å². The summed E-state index contributed by atoms with van der Waals surface area (Å²) in [7, 11) is 0. The molecule has 1 aromatic heterocycles. The van der Waals surface area contributed by atoms with Crippen LogP contribution in [-0.4, -0.2) is 48.7 Å². The predicted molar refractivity (Wildman–Crippen MR) is 142 cm³/mol. The molecule has 1 fully saturated rings. The molecule has 2 heterocycles. The van der Waals surface area contributed by atoms with Gasteiger partial charge in [-0.1, -0.05) is 44.4 Å². The summed E-state index contributed by atoms with van der Waals surface area (Å²) in [6, 6.07) is 16.1. The molecule has 0 radical (unpaired) electrons. The number of anilines is 1. The van der Waals surface area contributed by atoms with Crippen LogP contribution in [0.15, 0.2) is 53.9 Å². The van der Waals surface area contributed by atoms with Gasteiger partial charge in [0, 0.05) is 36.3 Å². The Morgan fingerprint density at radius 2 is 1.94 bits per heavy atom. The topological polar surface area (TPSA) is 63.7 Å². The first-order valence-electron chi connectivity index (χ1n) is 12.6. The molecule has 1 saturated heterocycles. The first-order valence-corrected chi connectivity index (χ1v) is 13.4. The maximum Gasteiger partial charge on any atom is 0.230 e. The molecule has 4 rings (SSSR count). The Kier molecular flexibility index (Phi) is 9.69. The van der Waals surface area contributed by atoms with Gasteiger partial charge in [-0.15, -0.1) is 11.3 Å². The van der Waals surface area contributed by atoms with Gasteiger partial charge in [-0.05, 0) is 42.3 Å². The average molecular weight is 494 g/mol. The molecule has 1 amide bonds. The summed E-state index contributed by atoms with van der Waals surface area (Å²) in [5.74, 6) is 0.760. The van der Waals surface area contributed by atoms with Gasteiger partial charge >= 0.3 is 0 Å². The summed E-state index contributed by atoms with van der Waals surface area (Å²) in [6.07, 6.45) is 4.98. The van der Waals surface area contributed by atoms with Gasteiger partial charge in [-0.2, -0.15) is 0 Å². The lowest BCUT2D eigenvalue weighted by Crippen LogP contribution is -2.35. The number of nitrogens with zero attached hydrogens (tertiary/aromatic N) is 2. The van der Waals surface area contributed by atoms with Gasteiger partial charge < -0.3 is 14.8 Å². The maximum atomic E-state index is 12.6. The molecule has 0 spiro atoms. The molecule has 0 bridgehead atoms. The second kappa shape index (κ2) is 13.4. The zero-order valence-electron chi connectivity index (χ0n) is 20.5. The summed E-state index contributed by atoms with van der Waals surface area (Å²) < 4.78 is 11.2. The number of thiazole rings is 1. The van der Waals surface area contributed by atoms with Crippen molar-refractivity contribution < 1.29 is 14.3 Å². The van der Waals surface area contributed by atoms with Gasteiger partial charge in [-0.3, -0.25) is 9.69 Å². The Balaban J connectivity index is 1.26. The Labute approximate surface area is 212 Å². The molecule has 186 valence electrons. The number of carbonyl (C=O) groups excluding carboxylic acids is 1. The lowest BCUT2D eigenvalue weighted by molar-refractivity contribution is -0.115. The second-order valence-electron chi connectivity index (χ2n) is 8.89. The second-order valence-corrected chi connectivity index (χ2v) is 9.75. The van der Waals surface area contributed by atoms with E-state index in [2.05, 4.69) is 41.4 Å². The smallest absolute Gasteiger partial charge is 0.230 e. The third-order valence-electron chi connectivity index (χ3n) is 5.98. The number of carbonyl (C=O) groups is 1. The Hall–Kier alpha value is -2.74. The SMILES string of the molecule is CCCCCCOc1ccc(NC(=O)Cc2csc(-c3cccc(CN4CCOCC4)c3)n2)cc1. The van der Waals surface area contributed by atoms with E-state index >= 15 is 0 Å². The van der Waals surface area contributed by atoms with Gasteiger partial charge in [0.2, 0.25) is 5.91 Å². The molecule has 0 unspecified atom stereocenters. The summed E-state index contributed by atoms with van der Waals surface area (Å²) in [5, 5.41) is 5.87. The molecule has 1 aliphatic rings. The van der Waals surface area contributed by atoms with Crippen molar-refractivity contribution in [2.45, 2.75) is 45.6 Å². The van der Waals surface area contributed by atoms with Crippen LogP contribution in [0.3, 0.4) is 0 Å². The van der Waals surface area contributed by atoms with Crippen LogP contribution in [0, 0.1) is 0 Å². The van der Waals surface area contributed by atoms with Crippen LogP contribution >= 0.6 is 11.3 Å². The molecule has 1 aliphatic heterocycles. The highest BCUT2D eigenvalue weighted by Gasteiger charge is 2.13. The van der Waals surface area contributed by atoms with Crippen molar-refractivity contribution in [2.75, 3.05) is 38.2 Å². The maximum absolute atomic E-state index is 12.6. The lowest BCUT2D eigenvalue weighted by atomic mass is 10.1. The minimum absolute atomic E-state index is 0.0730. The van der Waals surface area contributed by atoms with Crippen LogP contribution in [0.5, 0.6) is 5.75 Å². The number of hydrogen-bond donors (Lipinski definition) is 1. The van der Waals surface area contributed by atoms with E-state index in [-0.39, 0.29) is 12.3 Å². The highest BCUT2D eigenvalue weighted by Crippen LogP contribution is 2.26. The predicted octanol–water partition coefficient (Wildman–Crippen LogP) is 5.78. The summed E-state index contributed by atoms with van der Waals surface area (Å²) >= 11 is 1.58. The third kappa shape index (κ3) is 8.16. The third-order valence-corrected chi connectivity index (χ3v) is 6.92. The number of ether oxygens (including phenoxy) is 2. The van der Waals surface area contributed by atoms with Crippen molar-refractivity contribution in [3.05, 3.63) is 65.2 Å². The van der Waals surface area contributed by atoms with Crippen LogP contribution in [-0.2, 0) is 22.5 Å². The first-order chi connectivity index (χ1) is 17.2. The molecule has 7 heteroatoms. The van der Waals surface area contributed by atoms with Crippen molar-refractivity contribution in [3.8, 4) is 16.3 Å². The summed E-state index contributed by atoms with van der Waals surface area (Å²) in [6.45, 7) is 7.39. The van der Waals surface area contributed by atoms with Gasteiger partial charge in [0.05, 0.1) is 31.9 Å². The fourth-order valence-electron chi connectivity index (χ4n) is 4.06. The van der Waals surface area contributed by atoms with Crippen LogP contribution in [0.25, 0.3) is 10.6 Å². The standard InChI is InChI=1S/C28H35N3O3S/c1-2-3-4-5-15-34-26-11-9-24(10-12-26)29-27(32)19-25-21-35-28(30-25)23-8-6-7-22(18-23)20-31-13-16-33-17-14-31/h6-12,18,21H,2-5,13-17,19-20H2,1H3,(H,29,32). The zero-order chi connectivity index (χ0) is 24.3. The molecule has 2 aromatic carbocycles. The number of morpholine rings is 1. The molecule has 0 saturated carbocycles. The normalized spacial score (nSPS) is 14.1. The minimum atomic E-state index is -0.0730. The van der Waals surface area contributed by atoms with E-state index in [0.29, 0.717) is 0 Å². The van der Waals surface area contributed by atoms with Crippen molar-refractivity contribution >= 4 is 22.9 Å². The van der Waals surface area contributed by atoms with Gasteiger partial charge in [-0.25, -0.2) is 4.98 Å². The lowest BCUT2D eigenvalue weighted by Gasteiger charge is -2.26. The number of nitrogens with one attached hydrogen (secondary N) is 1. The monoisotopic (exact) mass is 493 g/mol. The molecular weight excluding hydrogens is 458 g/mol. The van der Waals surface area contributed by atoms with E-state index in [4.69, 9.17) is 14.5 Å². The van der Waals surface area contributed by atoms with Crippen LogP contribution < -0.4 is 10.1 Å². The number of amides is 1. The van der Waals surface area contributed by atoms with Crippen LogP contribution in [0.2, 0.25) is 0 Å². The van der Waals surface area contributed by atoms with Gasteiger partial charge in [0.15, 0.2) is 0 Å². The average Bonchev–Trinajstić information content (AvgIpc) is 3.34. The molecule has 1 N–H and O–H groups in total. The number of benzene rings is 2. The van der Waals surface area contributed by atoms with Crippen molar-refractivity contribution in [1.82, 2.24) is 9.88 Å². The van der Waals surface area contributed by atoms with E-state index in [9.17, 15) is 4.79 Å². The highest BCUT2D eigenvalue weighted by molar-refractivity contribution is 7.13. The number of unbranched alkanes of at least 4 members (excludes halogenated alkanes) is 3. The molecule has 0 aliphatic carbocycles. The highest BCUT2D eigenvalue weighted by atomic mass is 32.1. The van der Waals surface area contributed by atoms with Crippen molar-refractivity contribution in [2.24, 2.45) is 0 Å². The summed E-state index contributed by atoms with van der Waals surface area (Å²) in [4.78, 5) is 19.7. The van der Waals surface area contributed by atoms with E-state index in [1.54, 1.807) is 11.3 Å². The Bertz CT molecular complexity index is 1060. The van der Waals surface area contributed by atoms with Crippen LogP contribution in [0.1, 0.15) is 43.9 Å². The molecule has 6 nitrogen and oxygen atoms in total. The molecule has 0 atom stereocenters. The number of hydrogen-bond acceptors (Lipinski definition) is 6. The quantitative estimate of drug-likeness (QED) is 0.324. The van der Waals surface area contributed by atoms with Gasteiger partial charge in [0.25, 0.3) is 0 Å². The van der Waals surface area contributed by atoms with Gasteiger partial charge in [0.1, 0.15) is 10.8 Å². The van der Waals surface area contributed by atoms with E-state index in [0.717, 1.165) is 73.6 Å². The number of aromatic nitrogens is 1. The largest absolute Gasteiger partial charge is 0.494 e. The Morgan fingerprint density at radius 3 is 2.74 bits per heavy atom. The van der Waals surface area contributed by atoms with Crippen LogP contribution in [0.4, 0.5) is 5.69 Å². The van der Waals surface area contributed by atoms with E-state index < -0.39 is 0 Å². The Morgan fingerprint density at radius 1 is 1.11 bits per heavy atom. The summed E-state index contributed by atoms with van der Waals surface area (Å²) in [5.41, 5.74) is 3.91. The zero-order valence-corrected chi connectivity index (χ0v) is 21.3. The fraction of sp³-hybridized carbons (Fsp3) is 0.429. The molecule has 35 heavy (non-hydrogen) atoms. The number of rotatable bonds is 12. The first kappa shape index (κ1) is 25.4. The molecular formula is C28H35N3O3S. The van der Waals surface area contributed by atoms with E-state index in [1.165, 1.54) is 24.8 Å². The minimum Gasteiger partial charge on any atom is -0.494 e. The van der Waals surface area contributed by atoms with Crippen molar-refractivity contribution in [1.29, 1.82) is 0 Å².